The molecule has 0 saturated carbocycles. The van der Waals surface area contributed by atoms with Gasteiger partial charge in [-0.1, -0.05) is 74.8 Å². The summed E-state index contributed by atoms with van der Waals surface area (Å²) in [4.78, 5) is 0. The van der Waals surface area contributed by atoms with Crippen molar-refractivity contribution in [3.05, 3.63) is 84.6 Å². The second kappa shape index (κ2) is 6.70. The zero-order valence-electron chi connectivity index (χ0n) is 10.7. The van der Waals surface area contributed by atoms with Gasteiger partial charge in [-0.15, -0.1) is 0 Å². The van der Waals surface area contributed by atoms with Crippen molar-refractivity contribution in [1.29, 1.82) is 0 Å². The van der Waals surface area contributed by atoms with Crippen LogP contribution in [0.2, 0.25) is 0 Å². The van der Waals surface area contributed by atoms with Crippen molar-refractivity contribution >= 4 is 0 Å². The quantitative estimate of drug-likeness (QED) is 0.593. The highest BCUT2D eigenvalue weighted by Crippen LogP contribution is 2.22. The molecule has 1 aliphatic carbocycles. The fraction of sp³-hybridized carbons (Fsp3) is 0.176. The lowest BCUT2D eigenvalue weighted by molar-refractivity contribution is 0.879. The molecule has 0 heteroatoms. The molecule has 1 unspecified atom stereocenters. The van der Waals surface area contributed by atoms with Crippen molar-refractivity contribution in [3.8, 4) is 0 Å². The highest BCUT2D eigenvalue weighted by molar-refractivity contribution is 5.45. The van der Waals surface area contributed by atoms with Crippen LogP contribution in [0, 0.1) is 5.92 Å². The molecule has 17 heavy (non-hydrogen) atoms. The van der Waals surface area contributed by atoms with Crippen LogP contribution in [0.3, 0.4) is 0 Å². The molecule has 0 aromatic carbocycles. The fourth-order valence-electron chi connectivity index (χ4n) is 1.63. The van der Waals surface area contributed by atoms with Crippen molar-refractivity contribution < 1.29 is 0 Å². The summed E-state index contributed by atoms with van der Waals surface area (Å²) in [5.41, 5.74) is 3.30. The average molecular weight is 224 g/mol. The van der Waals surface area contributed by atoms with E-state index < -0.39 is 0 Å². The first-order chi connectivity index (χ1) is 8.15. The summed E-state index contributed by atoms with van der Waals surface area (Å²) in [6.45, 7) is 12.3. The van der Waals surface area contributed by atoms with E-state index in [1.54, 1.807) is 0 Å². The maximum atomic E-state index is 4.11. The Labute approximate surface area is 105 Å². The Kier molecular flexibility index (Phi) is 5.22. The van der Waals surface area contributed by atoms with Gasteiger partial charge >= 0.3 is 0 Å². The van der Waals surface area contributed by atoms with Gasteiger partial charge in [-0.3, -0.25) is 0 Å². The van der Waals surface area contributed by atoms with E-state index in [0.29, 0.717) is 5.92 Å². The minimum Gasteiger partial charge on any atom is -0.0918 e. The van der Waals surface area contributed by atoms with Crippen LogP contribution in [0.15, 0.2) is 84.6 Å². The van der Waals surface area contributed by atoms with E-state index in [1.807, 2.05) is 37.3 Å². The normalized spacial score (nSPS) is 27.6. The summed E-state index contributed by atoms with van der Waals surface area (Å²) < 4.78 is 0. The molecule has 0 nitrogen and oxygen atoms in total. The van der Waals surface area contributed by atoms with Gasteiger partial charge in [0.05, 0.1) is 0 Å². The van der Waals surface area contributed by atoms with E-state index in [1.165, 1.54) is 5.57 Å². The molecule has 0 spiro atoms. The maximum absolute atomic E-state index is 4.11. The van der Waals surface area contributed by atoms with Gasteiger partial charge < -0.3 is 0 Å². The topological polar surface area (TPSA) is 0 Å². The first kappa shape index (κ1) is 13.2. The van der Waals surface area contributed by atoms with Crippen LogP contribution in [-0.4, -0.2) is 0 Å². The van der Waals surface area contributed by atoms with Crippen LogP contribution in [0.1, 0.15) is 13.8 Å². The lowest BCUT2D eigenvalue weighted by Gasteiger charge is -2.13. The zero-order valence-corrected chi connectivity index (χ0v) is 10.7. The Balaban J connectivity index is 3.12. The molecule has 0 N–H and O–H groups in total. The number of hydrogen-bond donors (Lipinski definition) is 0. The van der Waals surface area contributed by atoms with Crippen LogP contribution < -0.4 is 0 Å². The Hall–Kier alpha value is -1.82. The van der Waals surface area contributed by atoms with Crippen LogP contribution in [-0.2, 0) is 0 Å². The Morgan fingerprint density at radius 1 is 1.12 bits per heavy atom. The van der Waals surface area contributed by atoms with E-state index in [4.69, 9.17) is 0 Å². The van der Waals surface area contributed by atoms with E-state index in [0.717, 1.165) is 11.1 Å². The third-order valence-corrected chi connectivity index (χ3v) is 2.65. The van der Waals surface area contributed by atoms with Crippen molar-refractivity contribution in [1.82, 2.24) is 0 Å². The van der Waals surface area contributed by atoms with Crippen molar-refractivity contribution in [2.75, 3.05) is 0 Å². The molecule has 0 aromatic rings. The van der Waals surface area contributed by atoms with Crippen LogP contribution in [0.25, 0.3) is 0 Å². The molecule has 0 bridgehead atoms. The molecular weight excluding hydrogens is 204 g/mol. The van der Waals surface area contributed by atoms with Crippen molar-refractivity contribution in [2.24, 2.45) is 5.92 Å². The molecule has 0 saturated heterocycles. The van der Waals surface area contributed by atoms with Crippen LogP contribution >= 0.6 is 0 Å². The molecule has 0 aliphatic heterocycles. The molecule has 0 aromatic heterocycles. The van der Waals surface area contributed by atoms with Crippen molar-refractivity contribution in [2.45, 2.75) is 13.8 Å². The number of rotatable bonds is 1. The number of allylic oxidation sites excluding steroid dienone is 12. The van der Waals surface area contributed by atoms with E-state index in [-0.39, 0.29) is 0 Å². The minimum atomic E-state index is 0.339. The molecule has 1 aliphatic rings. The molecule has 88 valence electrons. The second-order valence-corrected chi connectivity index (χ2v) is 4.11. The van der Waals surface area contributed by atoms with Gasteiger partial charge in [0, 0.05) is 0 Å². The van der Waals surface area contributed by atoms with Gasteiger partial charge in [0.2, 0.25) is 0 Å². The summed E-state index contributed by atoms with van der Waals surface area (Å²) >= 11 is 0. The zero-order chi connectivity index (χ0) is 12.7. The summed E-state index contributed by atoms with van der Waals surface area (Å²) in [5.74, 6) is 0.339. The average Bonchev–Trinajstić information content (AvgIpc) is 2.31. The molecule has 0 radical (unpaired) electrons. The van der Waals surface area contributed by atoms with Gasteiger partial charge in [0.1, 0.15) is 0 Å². The molecule has 1 rings (SSSR count). The Bertz CT molecular complexity index is 437. The highest BCUT2D eigenvalue weighted by atomic mass is 14.1. The lowest BCUT2D eigenvalue weighted by Crippen LogP contribution is -1.98. The third-order valence-electron chi connectivity index (χ3n) is 2.65. The lowest BCUT2D eigenvalue weighted by atomic mass is 9.92. The second-order valence-electron chi connectivity index (χ2n) is 4.11. The van der Waals surface area contributed by atoms with E-state index >= 15 is 0 Å². The van der Waals surface area contributed by atoms with Gasteiger partial charge in [-0.25, -0.2) is 0 Å². The summed E-state index contributed by atoms with van der Waals surface area (Å²) in [6, 6.07) is 0. The van der Waals surface area contributed by atoms with Gasteiger partial charge in [-0.05, 0) is 29.6 Å². The monoisotopic (exact) mass is 224 g/mol. The first-order valence-corrected chi connectivity index (χ1v) is 5.89. The predicted octanol–water partition coefficient (Wildman–Crippen LogP) is 4.92. The Morgan fingerprint density at radius 3 is 2.53 bits per heavy atom. The molecule has 1 atom stereocenters. The smallest absolute Gasteiger partial charge is 0.000140 e. The first-order valence-electron chi connectivity index (χ1n) is 5.89. The maximum Gasteiger partial charge on any atom is -0.000140 e. The van der Waals surface area contributed by atoms with E-state index in [9.17, 15) is 0 Å². The van der Waals surface area contributed by atoms with Crippen LogP contribution in [0.4, 0.5) is 0 Å². The third kappa shape index (κ3) is 4.28. The molecule has 0 fully saturated rings. The fourth-order valence-corrected chi connectivity index (χ4v) is 1.63. The summed E-state index contributed by atoms with van der Waals surface area (Å²) in [5, 5.41) is 0. The van der Waals surface area contributed by atoms with Gasteiger partial charge in [-0.2, -0.15) is 0 Å². The SMILES string of the molecule is C=C1C=CC(C)/C(=C\C=C/C)C(=C)/C=C\C=C/1. The van der Waals surface area contributed by atoms with E-state index in [2.05, 4.69) is 44.4 Å². The predicted molar refractivity (Wildman–Crippen MR) is 77.8 cm³/mol. The molecule has 0 heterocycles. The molecule has 0 amide bonds. The summed E-state index contributed by atoms with van der Waals surface area (Å²) in [7, 11) is 0. The van der Waals surface area contributed by atoms with Crippen molar-refractivity contribution in [3.63, 3.8) is 0 Å². The standard InChI is InChI=1S/C17H20/c1-5-6-11-17-15(3)10-8-7-9-14(2)12-13-16(17)4/h5-13,16H,2-3H2,1,4H3/b6-5-,9-7-,10-8-,13-12?,17-11-. The number of hydrogen-bond acceptors (Lipinski definition) is 0. The minimum absolute atomic E-state index is 0.339. The van der Waals surface area contributed by atoms with Gasteiger partial charge in [0.15, 0.2) is 0 Å². The Morgan fingerprint density at radius 2 is 1.82 bits per heavy atom. The largest absolute Gasteiger partial charge is 0.0918 e. The summed E-state index contributed by atoms with van der Waals surface area (Å²) in [6.07, 6.45) is 18.4. The molecular formula is C17H20. The highest BCUT2D eigenvalue weighted by Gasteiger charge is 2.06. The van der Waals surface area contributed by atoms with Crippen LogP contribution in [0.5, 0.6) is 0 Å². The van der Waals surface area contributed by atoms with Gasteiger partial charge in [0.25, 0.3) is 0 Å².